The molecule has 1 saturated heterocycles. The van der Waals surface area contributed by atoms with Gasteiger partial charge in [-0.3, -0.25) is 9.67 Å². The summed E-state index contributed by atoms with van der Waals surface area (Å²) in [5, 5.41) is 4.23. The van der Waals surface area contributed by atoms with Gasteiger partial charge in [0.1, 0.15) is 0 Å². The number of nitrogens with zero attached hydrogens (tertiary/aromatic N) is 5. The molecule has 21 heavy (non-hydrogen) atoms. The van der Waals surface area contributed by atoms with E-state index >= 15 is 0 Å². The van der Waals surface area contributed by atoms with Gasteiger partial charge in [0.05, 0.1) is 25.2 Å². The van der Waals surface area contributed by atoms with Crippen molar-refractivity contribution in [3.05, 3.63) is 30.4 Å². The second kappa shape index (κ2) is 6.11. The summed E-state index contributed by atoms with van der Waals surface area (Å²) in [6, 6.07) is 0. The van der Waals surface area contributed by atoms with Crippen molar-refractivity contribution >= 4 is 5.82 Å². The summed E-state index contributed by atoms with van der Waals surface area (Å²) in [6.07, 6.45) is 9.78. The Hall–Kier alpha value is -2.11. The summed E-state index contributed by atoms with van der Waals surface area (Å²) < 4.78 is 7.28. The van der Waals surface area contributed by atoms with Gasteiger partial charge in [-0.1, -0.05) is 0 Å². The molecule has 0 bridgehead atoms. The third-order valence-corrected chi connectivity index (χ3v) is 3.78. The summed E-state index contributed by atoms with van der Waals surface area (Å²) in [4.78, 5) is 11.0. The molecule has 3 rings (SSSR count). The fraction of sp³-hybridized carbons (Fsp3) is 0.533. The Bertz CT molecular complexity index is 597. The van der Waals surface area contributed by atoms with Crippen LogP contribution in [0, 0.1) is 5.92 Å². The van der Waals surface area contributed by atoms with Crippen LogP contribution in [0.1, 0.15) is 18.9 Å². The lowest BCUT2D eigenvalue weighted by Crippen LogP contribution is -2.21. The molecule has 0 N–H and O–H groups in total. The number of ether oxygens (including phenoxy) is 1. The zero-order valence-electron chi connectivity index (χ0n) is 12.6. The van der Waals surface area contributed by atoms with Gasteiger partial charge in [0, 0.05) is 26.3 Å². The van der Waals surface area contributed by atoms with Crippen molar-refractivity contribution in [3.8, 4) is 5.88 Å². The molecule has 0 aliphatic carbocycles. The van der Waals surface area contributed by atoms with Gasteiger partial charge in [-0.25, -0.2) is 0 Å². The van der Waals surface area contributed by atoms with Gasteiger partial charge in [0.25, 0.3) is 0 Å². The van der Waals surface area contributed by atoms with Crippen LogP contribution in [0.15, 0.2) is 24.8 Å². The van der Waals surface area contributed by atoms with E-state index in [1.165, 1.54) is 12.0 Å². The van der Waals surface area contributed by atoms with Crippen LogP contribution in [0.25, 0.3) is 0 Å². The molecule has 0 saturated carbocycles. The first-order valence-corrected chi connectivity index (χ1v) is 7.42. The van der Waals surface area contributed by atoms with Gasteiger partial charge in [0.15, 0.2) is 5.82 Å². The number of anilines is 1. The molecule has 112 valence electrons. The van der Waals surface area contributed by atoms with Crippen molar-refractivity contribution in [1.29, 1.82) is 0 Å². The first kappa shape index (κ1) is 13.9. The van der Waals surface area contributed by atoms with Crippen molar-refractivity contribution in [2.24, 2.45) is 13.0 Å². The van der Waals surface area contributed by atoms with Gasteiger partial charge in [-0.15, -0.1) is 0 Å². The highest BCUT2D eigenvalue weighted by Gasteiger charge is 2.24. The average molecular weight is 287 g/mol. The minimum atomic E-state index is 0.603. The van der Waals surface area contributed by atoms with E-state index in [2.05, 4.69) is 26.2 Å². The van der Waals surface area contributed by atoms with Crippen molar-refractivity contribution in [2.75, 3.05) is 24.6 Å². The highest BCUT2D eigenvalue weighted by molar-refractivity contribution is 5.39. The summed E-state index contributed by atoms with van der Waals surface area (Å²) in [5.74, 6) is 2.16. The van der Waals surface area contributed by atoms with Crippen molar-refractivity contribution in [1.82, 2.24) is 19.7 Å². The molecule has 2 aromatic rings. The minimum absolute atomic E-state index is 0.603. The Morgan fingerprint density at radius 1 is 1.33 bits per heavy atom. The highest BCUT2D eigenvalue weighted by Crippen LogP contribution is 2.25. The van der Waals surface area contributed by atoms with E-state index < -0.39 is 0 Å². The van der Waals surface area contributed by atoms with E-state index in [0.29, 0.717) is 18.4 Å². The topological polar surface area (TPSA) is 56.1 Å². The van der Waals surface area contributed by atoms with Crippen LogP contribution in [0.2, 0.25) is 0 Å². The number of hydrogen-bond acceptors (Lipinski definition) is 5. The van der Waals surface area contributed by atoms with Gasteiger partial charge in [0.2, 0.25) is 5.88 Å². The van der Waals surface area contributed by atoms with Crippen LogP contribution in [-0.4, -0.2) is 39.4 Å². The predicted octanol–water partition coefficient (Wildman–Crippen LogP) is 1.68. The standard InChI is InChI=1S/C15H21N5O/c1-3-21-15-9-16-8-14(18-15)20-5-4-12(11-20)6-13-7-17-19(2)10-13/h7-10,12H,3-6,11H2,1-2H3/t12-/m0/s1. The molecule has 1 aliphatic heterocycles. The summed E-state index contributed by atoms with van der Waals surface area (Å²) >= 11 is 0. The van der Waals surface area contributed by atoms with Crippen molar-refractivity contribution in [3.63, 3.8) is 0 Å². The normalized spacial score (nSPS) is 18.2. The van der Waals surface area contributed by atoms with E-state index in [9.17, 15) is 0 Å². The Labute approximate surface area is 124 Å². The van der Waals surface area contributed by atoms with Crippen LogP contribution in [0.5, 0.6) is 5.88 Å². The molecular formula is C15H21N5O. The van der Waals surface area contributed by atoms with Crippen molar-refractivity contribution < 1.29 is 4.74 Å². The third kappa shape index (κ3) is 3.32. The fourth-order valence-electron chi connectivity index (χ4n) is 2.83. The van der Waals surface area contributed by atoms with Gasteiger partial charge in [-0.2, -0.15) is 10.1 Å². The maximum absolute atomic E-state index is 5.42. The summed E-state index contributed by atoms with van der Waals surface area (Å²) in [6.45, 7) is 4.60. The Balaban J connectivity index is 1.62. The van der Waals surface area contributed by atoms with Crippen LogP contribution in [-0.2, 0) is 13.5 Å². The molecule has 3 heterocycles. The maximum Gasteiger partial charge on any atom is 0.234 e. The zero-order chi connectivity index (χ0) is 14.7. The summed E-state index contributed by atoms with van der Waals surface area (Å²) in [7, 11) is 1.96. The molecule has 0 aromatic carbocycles. The lowest BCUT2D eigenvalue weighted by atomic mass is 10.0. The molecule has 0 unspecified atom stereocenters. The van der Waals surface area contributed by atoms with E-state index in [1.54, 1.807) is 6.20 Å². The maximum atomic E-state index is 5.42. The van der Waals surface area contributed by atoms with Crippen LogP contribution >= 0.6 is 0 Å². The van der Waals surface area contributed by atoms with Gasteiger partial charge >= 0.3 is 0 Å². The lowest BCUT2D eigenvalue weighted by Gasteiger charge is -2.17. The largest absolute Gasteiger partial charge is 0.477 e. The third-order valence-electron chi connectivity index (χ3n) is 3.78. The molecule has 6 nitrogen and oxygen atoms in total. The molecule has 1 fully saturated rings. The number of hydrogen-bond donors (Lipinski definition) is 0. The number of aromatic nitrogens is 4. The van der Waals surface area contributed by atoms with Crippen molar-refractivity contribution in [2.45, 2.75) is 19.8 Å². The SMILES string of the molecule is CCOc1cncc(N2CC[C@@H](Cc3cnn(C)c3)C2)n1. The van der Waals surface area contributed by atoms with E-state index in [4.69, 9.17) is 4.74 Å². The van der Waals surface area contributed by atoms with E-state index in [1.807, 2.05) is 31.0 Å². The van der Waals surface area contributed by atoms with Crippen LogP contribution in [0.3, 0.4) is 0 Å². The average Bonchev–Trinajstić information content (AvgIpc) is 3.10. The molecule has 0 spiro atoms. The highest BCUT2D eigenvalue weighted by atomic mass is 16.5. The summed E-state index contributed by atoms with van der Waals surface area (Å²) in [5.41, 5.74) is 1.30. The predicted molar refractivity (Wildman–Crippen MR) is 80.4 cm³/mol. The number of rotatable bonds is 5. The van der Waals surface area contributed by atoms with E-state index in [-0.39, 0.29) is 0 Å². The molecule has 0 amide bonds. The fourth-order valence-corrected chi connectivity index (χ4v) is 2.83. The van der Waals surface area contributed by atoms with E-state index in [0.717, 1.165) is 25.3 Å². The molecular weight excluding hydrogens is 266 g/mol. The lowest BCUT2D eigenvalue weighted by molar-refractivity contribution is 0.325. The number of aryl methyl sites for hydroxylation is 1. The first-order valence-electron chi connectivity index (χ1n) is 7.42. The second-order valence-corrected chi connectivity index (χ2v) is 5.48. The smallest absolute Gasteiger partial charge is 0.234 e. The quantitative estimate of drug-likeness (QED) is 0.837. The second-order valence-electron chi connectivity index (χ2n) is 5.48. The zero-order valence-corrected chi connectivity index (χ0v) is 12.6. The Morgan fingerprint density at radius 3 is 3.00 bits per heavy atom. The first-order chi connectivity index (χ1) is 10.2. The van der Waals surface area contributed by atoms with Crippen LogP contribution in [0.4, 0.5) is 5.82 Å². The molecule has 6 heteroatoms. The minimum Gasteiger partial charge on any atom is -0.477 e. The van der Waals surface area contributed by atoms with Gasteiger partial charge in [-0.05, 0) is 31.2 Å². The molecule has 1 atom stereocenters. The Kier molecular flexibility index (Phi) is 4.03. The Morgan fingerprint density at radius 2 is 2.24 bits per heavy atom. The van der Waals surface area contributed by atoms with Crippen LogP contribution < -0.4 is 9.64 Å². The van der Waals surface area contributed by atoms with Gasteiger partial charge < -0.3 is 9.64 Å². The molecule has 1 aliphatic rings. The monoisotopic (exact) mass is 287 g/mol. The molecule has 2 aromatic heterocycles. The molecule has 0 radical (unpaired) electrons.